The van der Waals surface area contributed by atoms with Crippen molar-refractivity contribution in [2.24, 2.45) is 5.41 Å². The van der Waals surface area contributed by atoms with Crippen LogP contribution in [0.5, 0.6) is 0 Å². The Hall–Kier alpha value is 0.430. The highest BCUT2D eigenvalue weighted by atomic mass is 31.1. The van der Waals surface area contributed by atoms with E-state index < -0.39 is 0 Å². The molecule has 1 heteroatoms. The minimum Gasteiger partial charge on any atom is -0.104 e. The van der Waals surface area contributed by atoms with Gasteiger partial charge in [-0.25, -0.2) is 0 Å². The van der Waals surface area contributed by atoms with Crippen LogP contribution in [0.2, 0.25) is 0 Å². The maximum Gasteiger partial charge on any atom is -0.0149 e. The Balaban J connectivity index is 4.22. The van der Waals surface area contributed by atoms with E-state index in [1.807, 2.05) is 0 Å². The second kappa shape index (κ2) is 4.09. The molecule has 0 nitrogen and oxygen atoms in total. The monoisotopic (exact) mass is 188 g/mol. The van der Waals surface area contributed by atoms with Gasteiger partial charge in [-0.3, -0.25) is 0 Å². The third kappa shape index (κ3) is 4.45. The summed E-state index contributed by atoms with van der Waals surface area (Å²) in [5.74, 6) is 0. The van der Waals surface area contributed by atoms with E-state index in [-0.39, 0.29) is 7.92 Å². The van der Waals surface area contributed by atoms with Crippen LogP contribution >= 0.6 is 7.92 Å². The summed E-state index contributed by atoms with van der Waals surface area (Å²) in [6, 6.07) is 0. The molecule has 0 aromatic heterocycles. The molecule has 0 aliphatic carbocycles. The molecule has 0 amide bonds. The third-order valence-electron chi connectivity index (χ3n) is 2.47. The molecular weight excluding hydrogens is 163 g/mol. The highest BCUT2D eigenvalue weighted by Gasteiger charge is 2.29. The van der Waals surface area contributed by atoms with Crippen LogP contribution in [0.3, 0.4) is 0 Å². The van der Waals surface area contributed by atoms with E-state index in [0.717, 1.165) is 0 Å². The summed E-state index contributed by atoms with van der Waals surface area (Å²) in [5.41, 5.74) is 0.481. The van der Waals surface area contributed by atoms with Crippen molar-refractivity contribution < 1.29 is 0 Å². The smallest absolute Gasteiger partial charge is 0.0149 e. The summed E-state index contributed by atoms with van der Waals surface area (Å²) in [5, 5.41) is 0.558. The van der Waals surface area contributed by atoms with Gasteiger partial charge >= 0.3 is 0 Å². The van der Waals surface area contributed by atoms with Crippen molar-refractivity contribution in [1.82, 2.24) is 0 Å². The highest BCUT2D eigenvalue weighted by molar-refractivity contribution is 7.58. The number of hydrogen-bond donors (Lipinski definition) is 0. The van der Waals surface area contributed by atoms with Crippen LogP contribution in [-0.4, -0.2) is 18.0 Å². The molecule has 0 saturated carbocycles. The van der Waals surface area contributed by atoms with Gasteiger partial charge in [0.15, 0.2) is 0 Å². The first kappa shape index (κ1) is 12.4. The fraction of sp³-hybridized carbons (Fsp3) is 1.00. The average Bonchev–Trinajstić information content (AvgIpc) is 1.80. The molecule has 0 aromatic carbocycles. The van der Waals surface area contributed by atoms with E-state index in [1.54, 1.807) is 0 Å². The Morgan fingerprint density at radius 2 is 1.42 bits per heavy atom. The van der Waals surface area contributed by atoms with Crippen LogP contribution in [0.1, 0.15) is 48.0 Å². The molecule has 0 heterocycles. The summed E-state index contributed by atoms with van der Waals surface area (Å²) in [7, 11) is 0.214. The van der Waals surface area contributed by atoms with Crippen LogP contribution in [0.4, 0.5) is 0 Å². The standard InChI is InChI=1S/C11H25P/c1-8-12(7)11(5,6)9-10(2,3)4/h8-9H2,1-7H3. The van der Waals surface area contributed by atoms with Crippen molar-refractivity contribution in [1.29, 1.82) is 0 Å². The highest BCUT2D eigenvalue weighted by Crippen LogP contribution is 2.51. The van der Waals surface area contributed by atoms with E-state index in [4.69, 9.17) is 0 Å². The molecule has 74 valence electrons. The Morgan fingerprint density at radius 3 is 1.67 bits per heavy atom. The van der Waals surface area contributed by atoms with E-state index in [9.17, 15) is 0 Å². The minimum absolute atomic E-state index is 0.214. The molecule has 0 saturated heterocycles. The second-order valence-electron chi connectivity index (χ2n) is 5.56. The molecule has 1 atom stereocenters. The lowest BCUT2D eigenvalue weighted by Gasteiger charge is -2.37. The Kier molecular flexibility index (Phi) is 4.24. The van der Waals surface area contributed by atoms with Gasteiger partial charge in [-0.2, -0.15) is 0 Å². The molecule has 0 aliphatic heterocycles. The van der Waals surface area contributed by atoms with Gasteiger partial charge in [0.2, 0.25) is 0 Å². The van der Waals surface area contributed by atoms with Crippen molar-refractivity contribution in [2.75, 3.05) is 12.8 Å². The van der Waals surface area contributed by atoms with E-state index in [2.05, 4.69) is 48.2 Å². The molecule has 0 spiro atoms. The summed E-state index contributed by atoms with van der Waals surface area (Å²) in [6.07, 6.45) is 2.70. The van der Waals surface area contributed by atoms with Crippen molar-refractivity contribution in [2.45, 2.75) is 53.1 Å². The van der Waals surface area contributed by atoms with Gasteiger partial charge in [0.1, 0.15) is 0 Å². The SMILES string of the molecule is CCP(C)C(C)(C)CC(C)(C)C. The summed E-state index contributed by atoms with van der Waals surface area (Å²) >= 11 is 0. The zero-order valence-corrected chi connectivity index (χ0v) is 10.8. The van der Waals surface area contributed by atoms with Gasteiger partial charge in [-0.05, 0) is 29.8 Å². The van der Waals surface area contributed by atoms with Gasteiger partial charge < -0.3 is 0 Å². The molecule has 0 aromatic rings. The molecule has 0 fully saturated rings. The lowest BCUT2D eigenvalue weighted by Crippen LogP contribution is -2.25. The maximum absolute atomic E-state index is 2.43. The number of hydrogen-bond acceptors (Lipinski definition) is 0. The fourth-order valence-electron chi connectivity index (χ4n) is 1.86. The van der Waals surface area contributed by atoms with Crippen LogP contribution in [-0.2, 0) is 0 Å². The maximum atomic E-state index is 2.43. The van der Waals surface area contributed by atoms with Gasteiger partial charge in [-0.1, -0.05) is 41.5 Å². The second-order valence-corrected chi connectivity index (χ2v) is 8.80. The van der Waals surface area contributed by atoms with Gasteiger partial charge in [-0.15, -0.1) is 7.92 Å². The van der Waals surface area contributed by atoms with Crippen LogP contribution in [0.15, 0.2) is 0 Å². The summed E-state index contributed by atoms with van der Waals surface area (Å²) < 4.78 is 0. The van der Waals surface area contributed by atoms with Crippen LogP contribution in [0, 0.1) is 5.41 Å². The Bertz CT molecular complexity index is 130. The first-order chi connectivity index (χ1) is 5.19. The van der Waals surface area contributed by atoms with Gasteiger partial charge in [0.05, 0.1) is 0 Å². The number of rotatable bonds is 3. The molecule has 0 rings (SSSR count). The van der Waals surface area contributed by atoms with Crippen molar-refractivity contribution in [3.8, 4) is 0 Å². The average molecular weight is 188 g/mol. The Labute approximate surface area is 79.9 Å². The quantitative estimate of drug-likeness (QED) is 0.578. The largest absolute Gasteiger partial charge is 0.104 e. The predicted molar refractivity (Wildman–Crippen MR) is 61.5 cm³/mol. The van der Waals surface area contributed by atoms with Gasteiger partial charge in [0, 0.05) is 0 Å². The first-order valence-corrected chi connectivity index (χ1v) is 6.88. The van der Waals surface area contributed by atoms with Crippen molar-refractivity contribution >= 4 is 7.92 Å². The molecule has 12 heavy (non-hydrogen) atoms. The normalized spacial score (nSPS) is 16.2. The first-order valence-electron chi connectivity index (χ1n) is 4.90. The van der Waals surface area contributed by atoms with Gasteiger partial charge in [0.25, 0.3) is 0 Å². The lowest BCUT2D eigenvalue weighted by atomic mass is 9.86. The van der Waals surface area contributed by atoms with E-state index in [1.165, 1.54) is 12.6 Å². The third-order valence-corrected chi connectivity index (χ3v) is 5.64. The summed E-state index contributed by atoms with van der Waals surface area (Å²) in [4.78, 5) is 0. The predicted octanol–water partition coefficient (Wildman–Crippen LogP) is 4.33. The molecular formula is C11H25P. The topological polar surface area (TPSA) is 0 Å². The van der Waals surface area contributed by atoms with Crippen LogP contribution in [0.25, 0.3) is 0 Å². The fourth-order valence-corrected chi connectivity index (χ4v) is 3.46. The molecule has 0 radical (unpaired) electrons. The molecule has 1 unspecified atom stereocenters. The van der Waals surface area contributed by atoms with Crippen molar-refractivity contribution in [3.05, 3.63) is 0 Å². The van der Waals surface area contributed by atoms with E-state index >= 15 is 0 Å². The Morgan fingerprint density at radius 1 is 1.00 bits per heavy atom. The van der Waals surface area contributed by atoms with Crippen molar-refractivity contribution in [3.63, 3.8) is 0 Å². The zero-order chi connectivity index (χ0) is 9.99. The molecule has 0 bridgehead atoms. The summed E-state index contributed by atoms with van der Waals surface area (Å²) in [6.45, 7) is 16.6. The zero-order valence-electron chi connectivity index (χ0n) is 9.86. The molecule has 0 N–H and O–H groups in total. The minimum atomic E-state index is 0.214. The van der Waals surface area contributed by atoms with E-state index in [0.29, 0.717) is 10.6 Å². The molecule has 0 aliphatic rings. The lowest BCUT2D eigenvalue weighted by molar-refractivity contribution is 0.336. The van der Waals surface area contributed by atoms with Crippen LogP contribution < -0.4 is 0 Å².